The van der Waals surface area contributed by atoms with Crippen LogP contribution in [0, 0.1) is 13.8 Å². The first-order chi connectivity index (χ1) is 8.06. The number of amides is 1. The van der Waals surface area contributed by atoms with Crippen LogP contribution in [0.2, 0.25) is 0 Å². The highest BCUT2D eigenvalue weighted by atomic mass is 79.9. The lowest BCUT2D eigenvalue weighted by Crippen LogP contribution is -2.11. The molecule has 0 saturated heterocycles. The molecule has 0 atom stereocenters. The van der Waals surface area contributed by atoms with Crippen molar-refractivity contribution in [1.29, 1.82) is 0 Å². The van der Waals surface area contributed by atoms with Gasteiger partial charge in [-0.05, 0) is 49.1 Å². The molecule has 0 bridgehead atoms. The Morgan fingerprint density at radius 3 is 2.71 bits per heavy atom. The summed E-state index contributed by atoms with van der Waals surface area (Å²) in [5.74, 6) is -0.171. The van der Waals surface area contributed by atoms with Gasteiger partial charge in [0.1, 0.15) is 4.88 Å². The van der Waals surface area contributed by atoms with Crippen LogP contribution < -0.4 is 5.32 Å². The predicted octanol–water partition coefficient (Wildman–Crippen LogP) is 3.17. The molecule has 17 heavy (non-hydrogen) atoms. The van der Waals surface area contributed by atoms with Crippen LogP contribution in [0.5, 0.6) is 0 Å². The van der Waals surface area contributed by atoms with Gasteiger partial charge in [0.2, 0.25) is 0 Å². The SMILES string of the molecule is Cc1cc(Br)cc(NC(=O)c2snnc2C)c1. The zero-order valence-electron chi connectivity index (χ0n) is 9.32. The maximum absolute atomic E-state index is 11.9. The van der Waals surface area contributed by atoms with E-state index in [9.17, 15) is 4.79 Å². The van der Waals surface area contributed by atoms with Crippen molar-refractivity contribution in [2.75, 3.05) is 5.32 Å². The molecule has 4 nitrogen and oxygen atoms in total. The van der Waals surface area contributed by atoms with Crippen molar-refractivity contribution in [1.82, 2.24) is 9.59 Å². The van der Waals surface area contributed by atoms with E-state index in [1.165, 1.54) is 0 Å². The van der Waals surface area contributed by atoms with Crippen LogP contribution in [0.4, 0.5) is 5.69 Å². The van der Waals surface area contributed by atoms with Crippen molar-refractivity contribution in [2.24, 2.45) is 0 Å². The topological polar surface area (TPSA) is 54.9 Å². The molecule has 1 amide bonds. The third kappa shape index (κ3) is 2.89. The number of aromatic nitrogens is 2. The number of rotatable bonds is 2. The fourth-order valence-corrected chi connectivity index (χ4v) is 2.60. The summed E-state index contributed by atoms with van der Waals surface area (Å²) in [7, 11) is 0. The first-order valence-corrected chi connectivity index (χ1v) is 6.50. The van der Waals surface area contributed by atoms with Crippen LogP contribution in [-0.2, 0) is 0 Å². The van der Waals surface area contributed by atoms with Crippen molar-refractivity contribution in [3.05, 3.63) is 38.8 Å². The van der Waals surface area contributed by atoms with Gasteiger partial charge < -0.3 is 5.32 Å². The van der Waals surface area contributed by atoms with Crippen molar-refractivity contribution < 1.29 is 4.79 Å². The molecule has 6 heteroatoms. The summed E-state index contributed by atoms with van der Waals surface area (Å²) < 4.78 is 4.68. The average molecular weight is 312 g/mol. The van der Waals surface area contributed by atoms with Gasteiger partial charge in [-0.1, -0.05) is 20.4 Å². The second-order valence-corrected chi connectivity index (χ2v) is 5.33. The van der Waals surface area contributed by atoms with Crippen molar-refractivity contribution in [2.45, 2.75) is 13.8 Å². The smallest absolute Gasteiger partial charge is 0.269 e. The lowest BCUT2D eigenvalue weighted by Gasteiger charge is -2.05. The number of halogens is 1. The van der Waals surface area contributed by atoms with Gasteiger partial charge in [0.15, 0.2) is 0 Å². The molecule has 0 aliphatic carbocycles. The van der Waals surface area contributed by atoms with Crippen molar-refractivity contribution in [3.8, 4) is 0 Å². The quantitative estimate of drug-likeness (QED) is 0.926. The molecule has 0 saturated carbocycles. The number of hydrogen-bond donors (Lipinski definition) is 1. The highest BCUT2D eigenvalue weighted by molar-refractivity contribution is 9.10. The number of anilines is 1. The number of benzene rings is 1. The summed E-state index contributed by atoms with van der Waals surface area (Å²) in [6.45, 7) is 3.74. The van der Waals surface area contributed by atoms with E-state index >= 15 is 0 Å². The van der Waals surface area contributed by atoms with E-state index in [0.717, 1.165) is 27.3 Å². The summed E-state index contributed by atoms with van der Waals surface area (Å²) in [6, 6.07) is 5.75. The number of carbonyl (C=O) groups excluding carboxylic acids is 1. The molecule has 0 aliphatic rings. The van der Waals surface area contributed by atoms with Gasteiger partial charge in [-0.25, -0.2) is 0 Å². The number of nitrogens with zero attached hydrogens (tertiary/aromatic N) is 2. The van der Waals surface area contributed by atoms with Crippen molar-refractivity contribution in [3.63, 3.8) is 0 Å². The molecule has 2 rings (SSSR count). The van der Waals surface area contributed by atoms with E-state index in [-0.39, 0.29) is 5.91 Å². The molecule has 88 valence electrons. The summed E-state index contributed by atoms with van der Waals surface area (Å²) in [5.41, 5.74) is 2.49. The Morgan fingerprint density at radius 2 is 2.12 bits per heavy atom. The first-order valence-electron chi connectivity index (χ1n) is 4.94. The molecular formula is C11H10BrN3OS. The predicted molar refractivity (Wildman–Crippen MR) is 71.5 cm³/mol. The van der Waals surface area contributed by atoms with Gasteiger partial charge in [0.25, 0.3) is 5.91 Å². The van der Waals surface area contributed by atoms with E-state index in [1.54, 1.807) is 6.92 Å². The van der Waals surface area contributed by atoms with Crippen LogP contribution in [-0.4, -0.2) is 15.5 Å². The molecule has 1 aromatic carbocycles. The van der Waals surface area contributed by atoms with Crippen LogP contribution in [0.3, 0.4) is 0 Å². The van der Waals surface area contributed by atoms with Crippen LogP contribution in [0.15, 0.2) is 22.7 Å². The molecule has 0 radical (unpaired) electrons. The first kappa shape index (κ1) is 12.2. The molecular weight excluding hydrogens is 302 g/mol. The maximum atomic E-state index is 11.9. The number of carbonyl (C=O) groups is 1. The molecule has 0 fully saturated rings. The molecule has 1 aromatic heterocycles. The zero-order valence-corrected chi connectivity index (χ0v) is 11.7. The van der Waals surface area contributed by atoms with Crippen LogP contribution in [0.25, 0.3) is 0 Å². The molecule has 1 N–H and O–H groups in total. The van der Waals surface area contributed by atoms with Gasteiger partial charge in [0, 0.05) is 10.2 Å². The van der Waals surface area contributed by atoms with Crippen LogP contribution in [0.1, 0.15) is 20.9 Å². The summed E-state index contributed by atoms with van der Waals surface area (Å²) in [4.78, 5) is 12.5. The Morgan fingerprint density at radius 1 is 1.35 bits per heavy atom. The van der Waals surface area contributed by atoms with E-state index in [0.29, 0.717) is 10.6 Å². The minimum Gasteiger partial charge on any atom is -0.321 e. The Bertz CT molecular complexity index is 547. The second kappa shape index (κ2) is 4.93. The molecule has 1 heterocycles. The third-order valence-corrected chi connectivity index (χ3v) is 3.44. The van der Waals surface area contributed by atoms with Gasteiger partial charge >= 0.3 is 0 Å². The summed E-state index contributed by atoms with van der Waals surface area (Å²) >= 11 is 4.49. The second-order valence-electron chi connectivity index (χ2n) is 3.66. The Kier molecular flexibility index (Phi) is 3.54. The lowest BCUT2D eigenvalue weighted by atomic mass is 10.2. The Labute approximate surface area is 111 Å². The average Bonchev–Trinajstić information content (AvgIpc) is 2.62. The molecule has 2 aromatic rings. The monoisotopic (exact) mass is 311 g/mol. The Balaban J connectivity index is 2.21. The number of nitrogens with one attached hydrogen (secondary N) is 1. The summed E-state index contributed by atoms with van der Waals surface area (Å²) in [5, 5.41) is 6.64. The highest BCUT2D eigenvalue weighted by Crippen LogP contribution is 2.20. The van der Waals surface area contributed by atoms with Gasteiger partial charge in [-0.2, -0.15) is 0 Å². The normalized spacial score (nSPS) is 10.3. The van der Waals surface area contributed by atoms with Crippen molar-refractivity contribution >= 4 is 39.1 Å². The fraction of sp³-hybridized carbons (Fsp3) is 0.182. The minimum atomic E-state index is -0.171. The van der Waals surface area contributed by atoms with Gasteiger partial charge in [0.05, 0.1) is 5.69 Å². The summed E-state index contributed by atoms with van der Waals surface area (Å²) in [6.07, 6.45) is 0. The molecule has 0 aliphatic heterocycles. The van der Waals surface area contributed by atoms with Crippen LogP contribution >= 0.6 is 27.5 Å². The third-order valence-electron chi connectivity index (χ3n) is 2.16. The van der Waals surface area contributed by atoms with E-state index in [1.807, 2.05) is 25.1 Å². The Hall–Kier alpha value is -1.27. The number of aryl methyl sites for hydroxylation is 2. The standard InChI is InChI=1S/C11H10BrN3OS/c1-6-3-8(12)5-9(4-6)13-11(16)10-7(2)14-15-17-10/h3-5H,1-2H3,(H,13,16). The minimum absolute atomic E-state index is 0.171. The number of hydrogen-bond acceptors (Lipinski definition) is 4. The highest BCUT2D eigenvalue weighted by Gasteiger charge is 2.13. The zero-order chi connectivity index (χ0) is 12.4. The fourth-order valence-electron chi connectivity index (χ4n) is 1.44. The largest absolute Gasteiger partial charge is 0.321 e. The van der Waals surface area contributed by atoms with Gasteiger partial charge in [-0.15, -0.1) is 5.10 Å². The maximum Gasteiger partial charge on any atom is 0.269 e. The van der Waals surface area contributed by atoms with E-state index < -0.39 is 0 Å². The molecule has 0 unspecified atom stereocenters. The lowest BCUT2D eigenvalue weighted by molar-refractivity contribution is 0.103. The van der Waals surface area contributed by atoms with E-state index in [4.69, 9.17) is 0 Å². The molecule has 0 spiro atoms. The van der Waals surface area contributed by atoms with Gasteiger partial charge in [-0.3, -0.25) is 4.79 Å². The van der Waals surface area contributed by atoms with E-state index in [2.05, 4.69) is 30.8 Å².